The Kier molecular flexibility index (Phi) is 4.39. The van der Waals surface area contributed by atoms with Crippen LogP contribution in [0.1, 0.15) is 15.9 Å². The van der Waals surface area contributed by atoms with E-state index in [9.17, 15) is 9.18 Å². The van der Waals surface area contributed by atoms with Crippen LogP contribution in [-0.2, 0) is 0 Å². The molecule has 0 fully saturated rings. The van der Waals surface area contributed by atoms with Gasteiger partial charge in [0.05, 0.1) is 12.8 Å². The fourth-order valence-electron chi connectivity index (χ4n) is 1.71. The summed E-state index contributed by atoms with van der Waals surface area (Å²) >= 11 is 3.37. The topological polar surface area (TPSA) is 38.3 Å². The molecule has 5 heteroatoms. The van der Waals surface area contributed by atoms with Gasteiger partial charge >= 0.3 is 0 Å². The average molecular weight is 338 g/mol. The lowest BCUT2D eigenvalue weighted by Gasteiger charge is -2.09. The second kappa shape index (κ2) is 6.05. The molecule has 0 bridgehead atoms. The Morgan fingerprint density at radius 2 is 2.00 bits per heavy atom. The maximum absolute atomic E-state index is 13.6. The smallest absolute Gasteiger partial charge is 0.255 e. The standard InChI is InChI=1S/C15H13BrFNO2/c1-9-7-10(3-5-12(9)16)15(19)18-14-8-11(20-2)4-6-13(14)17/h3-8H,1-2H3,(H,18,19). The molecule has 20 heavy (non-hydrogen) atoms. The van der Waals surface area contributed by atoms with Crippen molar-refractivity contribution in [3.05, 3.63) is 57.8 Å². The fourth-order valence-corrected chi connectivity index (χ4v) is 1.95. The van der Waals surface area contributed by atoms with Gasteiger partial charge in [-0.1, -0.05) is 15.9 Å². The zero-order chi connectivity index (χ0) is 14.7. The molecule has 0 spiro atoms. The molecule has 0 saturated carbocycles. The summed E-state index contributed by atoms with van der Waals surface area (Å²) in [5, 5.41) is 2.54. The number of methoxy groups -OCH3 is 1. The van der Waals surface area contributed by atoms with Crippen LogP contribution in [0.3, 0.4) is 0 Å². The zero-order valence-electron chi connectivity index (χ0n) is 11.0. The minimum absolute atomic E-state index is 0.0925. The molecule has 0 aliphatic carbocycles. The van der Waals surface area contributed by atoms with Crippen molar-refractivity contribution in [3.63, 3.8) is 0 Å². The molecule has 0 saturated heterocycles. The van der Waals surface area contributed by atoms with Gasteiger partial charge in [0.1, 0.15) is 11.6 Å². The molecule has 2 aromatic rings. The second-order valence-corrected chi connectivity index (χ2v) is 5.12. The van der Waals surface area contributed by atoms with Crippen LogP contribution in [0.25, 0.3) is 0 Å². The number of carbonyl (C=O) groups is 1. The largest absolute Gasteiger partial charge is 0.497 e. The predicted octanol–water partition coefficient (Wildman–Crippen LogP) is 4.16. The molecule has 0 unspecified atom stereocenters. The average Bonchev–Trinajstić information content (AvgIpc) is 2.44. The highest BCUT2D eigenvalue weighted by Crippen LogP contribution is 2.22. The number of amides is 1. The minimum atomic E-state index is -0.506. The van der Waals surface area contributed by atoms with Gasteiger partial charge in [-0.15, -0.1) is 0 Å². The Hall–Kier alpha value is -1.88. The van der Waals surface area contributed by atoms with Gasteiger partial charge in [-0.05, 0) is 42.8 Å². The van der Waals surface area contributed by atoms with Crippen molar-refractivity contribution < 1.29 is 13.9 Å². The van der Waals surface area contributed by atoms with Crippen LogP contribution >= 0.6 is 15.9 Å². The Morgan fingerprint density at radius 1 is 1.25 bits per heavy atom. The molecular formula is C15H13BrFNO2. The van der Waals surface area contributed by atoms with Crippen molar-refractivity contribution in [2.75, 3.05) is 12.4 Å². The molecule has 0 radical (unpaired) electrons. The number of halogens is 2. The number of rotatable bonds is 3. The third-order valence-electron chi connectivity index (χ3n) is 2.84. The number of hydrogen-bond donors (Lipinski definition) is 1. The number of benzene rings is 2. The number of ether oxygens (including phenoxy) is 1. The molecule has 1 amide bonds. The molecule has 0 heterocycles. The third-order valence-corrected chi connectivity index (χ3v) is 3.73. The lowest BCUT2D eigenvalue weighted by Crippen LogP contribution is -2.13. The summed E-state index contributed by atoms with van der Waals surface area (Å²) in [6.07, 6.45) is 0. The van der Waals surface area contributed by atoms with Gasteiger partial charge in [-0.2, -0.15) is 0 Å². The first kappa shape index (κ1) is 14.5. The van der Waals surface area contributed by atoms with Crippen molar-refractivity contribution in [3.8, 4) is 5.75 Å². The Morgan fingerprint density at radius 3 is 2.65 bits per heavy atom. The highest BCUT2D eigenvalue weighted by molar-refractivity contribution is 9.10. The number of aryl methyl sites for hydroxylation is 1. The van der Waals surface area contributed by atoms with E-state index in [1.807, 2.05) is 6.92 Å². The van der Waals surface area contributed by atoms with Gasteiger partial charge in [-0.3, -0.25) is 4.79 Å². The van der Waals surface area contributed by atoms with Crippen molar-refractivity contribution in [1.82, 2.24) is 0 Å². The van der Waals surface area contributed by atoms with E-state index in [-0.39, 0.29) is 11.6 Å². The van der Waals surface area contributed by atoms with E-state index in [0.29, 0.717) is 11.3 Å². The summed E-state index contributed by atoms with van der Waals surface area (Å²) in [4.78, 5) is 12.1. The van der Waals surface area contributed by atoms with Crippen LogP contribution in [0.4, 0.5) is 10.1 Å². The number of carbonyl (C=O) groups excluding carboxylic acids is 1. The Balaban J connectivity index is 2.25. The predicted molar refractivity (Wildman–Crippen MR) is 79.8 cm³/mol. The number of nitrogens with one attached hydrogen (secondary N) is 1. The summed E-state index contributed by atoms with van der Waals surface area (Å²) in [7, 11) is 1.48. The van der Waals surface area contributed by atoms with Gasteiger partial charge in [0.2, 0.25) is 0 Å². The van der Waals surface area contributed by atoms with E-state index in [4.69, 9.17) is 4.74 Å². The highest BCUT2D eigenvalue weighted by Gasteiger charge is 2.11. The van der Waals surface area contributed by atoms with Crippen molar-refractivity contribution in [1.29, 1.82) is 0 Å². The van der Waals surface area contributed by atoms with E-state index in [1.165, 1.54) is 25.3 Å². The van der Waals surface area contributed by atoms with Crippen LogP contribution in [-0.4, -0.2) is 13.0 Å². The van der Waals surface area contributed by atoms with Crippen molar-refractivity contribution in [2.45, 2.75) is 6.92 Å². The summed E-state index contributed by atoms with van der Waals surface area (Å²) in [5.41, 5.74) is 1.49. The first-order valence-corrected chi connectivity index (χ1v) is 6.71. The number of hydrogen-bond acceptors (Lipinski definition) is 2. The van der Waals surface area contributed by atoms with E-state index in [0.717, 1.165) is 10.0 Å². The van der Waals surface area contributed by atoms with E-state index in [2.05, 4.69) is 21.2 Å². The zero-order valence-corrected chi connectivity index (χ0v) is 12.6. The molecule has 2 rings (SSSR count). The van der Waals surface area contributed by atoms with Crippen LogP contribution < -0.4 is 10.1 Å². The van der Waals surface area contributed by atoms with Gasteiger partial charge in [0.25, 0.3) is 5.91 Å². The fraction of sp³-hybridized carbons (Fsp3) is 0.133. The van der Waals surface area contributed by atoms with Crippen LogP contribution in [0.2, 0.25) is 0 Å². The molecule has 0 aliphatic heterocycles. The maximum atomic E-state index is 13.6. The summed E-state index contributed by atoms with van der Waals surface area (Å²) < 4.78 is 19.6. The molecule has 1 N–H and O–H groups in total. The lowest BCUT2D eigenvalue weighted by atomic mass is 10.1. The molecule has 104 valence electrons. The lowest BCUT2D eigenvalue weighted by molar-refractivity contribution is 0.102. The van der Waals surface area contributed by atoms with Crippen LogP contribution in [0.5, 0.6) is 5.75 Å². The normalized spacial score (nSPS) is 10.2. The summed E-state index contributed by atoms with van der Waals surface area (Å²) in [6.45, 7) is 1.88. The van der Waals surface area contributed by atoms with E-state index in [1.54, 1.807) is 18.2 Å². The Labute approximate surface area is 124 Å². The maximum Gasteiger partial charge on any atom is 0.255 e. The van der Waals surface area contributed by atoms with Crippen molar-refractivity contribution >= 4 is 27.5 Å². The second-order valence-electron chi connectivity index (χ2n) is 4.26. The quantitative estimate of drug-likeness (QED) is 0.913. The van der Waals surface area contributed by atoms with E-state index < -0.39 is 5.82 Å². The summed E-state index contributed by atoms with van der Waals surface area (Å²) in [5.74, 6) is -0.394. The minimum Gasteiger partial charge on any atom is -0.497 e. The Bertz CT molecular complexity index is 658. The summed E-state index contributed by atoms with van der Waals surface area (Å²) in [6, 6.07) is 9.38. The monoisotopic (exact) mass is 337 g/mol. The van der Waals surface area contributed by atoms with Crippen LogP contribution in [0, 0.1) is 12.7 Å². The highest BCUT2D eigenvalue weighted by atomic mass is 79.9. The molecule has 0 aromatic heterocycles. The van der Waals surface area contributed by atoms with Gasteiger partial charge in [0.15, 0.2) is 0 Å². The van der Waals surface area contributed by atoms with Crippen molar-refractivity contribution in [2.24, 2.45) is 0 Å². The molecule has 2 aromatic carbocycles. The first-order valence-electron chi connectivity index (χ1n) is 5.92. The van der Waals surface area contributed by atoms with E-state index >= 15 is 0 Å². The molecule has 0 aliphatic rings. The SMILES string of the molecule is COc1ccc(F)c(NC(=O)c2ccc(Br)c(C)c2)c1. The third kappa shape index (κ3) is 3.17. The van der Waals surface area contributed by atoms with Crippen LogP contribution in [0.15, 0.2) is 40.9 Å². The van der Waals surface area contributed by atoms with Gasteiger partial charge < -0.3 is 10.1 Å². The van der Waals surface area contributed by atoms with Gasteiger partial charge in [0, 0.05) is 16.1 Å². The molecule has 3 nitrogen and oxygen atoms in total. The number of anilines is 1. The first-order chi connectivity index (χ1) is 9.51. The molecular weight excluding hydrogens is 325 g/mol. The van der Waals surface area contributed by atoms with Gasteiger partial charge in [-0.25, -0.2) is 4.39 Å². The molecule has 0 atom stereocenters.